The molecule has 0 aromatic rings. The van der Waals surface area contributed by atoms with Gasteiger partial charge in [0.05, 0.1) is 0 Å². The van der Waals surface area contributed by atoms with E-state index in [1.807, 2.05) is 0 Å². The second kappa shape index (κ2) is 5.92. The highest BCUT2D eigenvalue weighted by atomic mass is 15.2. The number of nitrogens with one attached hydrogen (secondary N) is 1. The van der Waals surface area contributed by atoms with Gasteiger partial charge in [-0.25, -0.2) is 0 Å². The molecule has 0 spiro atoms. The lowest BCUT2D eigenvalue weighted by atomic mass is 9.82. The molecule has 3 aliphatic rings. The molecule has 2 aliphatic carbocycles. The predicted octanol–water partition coefficient (Wildman–Crippen LogP) is 3.03. The van der Waals surface area contributed by atoms with Crippen molar-refractivity contribution in [2.24, 2.45) is 11.8 Å². The van der Waals surface area contributed by atoms with Crippen molar-refractivity contribution in [2.45, 2.75) is 70.4 Å². The zero-order chi connectivity index (χ0) is 12.4. The summed E-state index contributed by atoms with van der Waals surface area (Å²) in [4.78, 5) is 2.77. The van der Waals surface area contributed by atoms with Crippen LogP contribution < -0.4 is 5.32 Å². The molecule has 1 aliphatic heterocycles. The number of hydrogen-bond donors (Lipinski definition) is 1. The Bertz CT molecular complexity index is 256. The number of rotatable bonds is 4. The van der Waals surface area contributed by atoms with E-state index < -0.39 is 0 Å². The second-order valence-corrected chi connectivity index (χ2v) is 6.99. The predicted molar refractivity (Wildman–Crippen MR) is 76.7 cm³/mol. The monoisotopic (exact) mass is 250 g/mol. The zero-order valence-electron chi connectivity index (χ0n) is 12.0. The summed E-state index contributed by atoms with van der Waals surface area (Å²) in [5.74, 6) is 2.05. The van der Waals surface area contributed by atoms with E-state index in [0.717, 1.165) is 23.9 Å². The smallest absolute Gasteiger partial charge is 0.0224 e. The Morgan fingerprint density at radius 1 is 1.06 bits per heavy atom. The summed E-state index contributed by atoms with van der Waals surface area (Å²) in [5.41, 5.74) is 0. The first-order valence-electron chi connectivity index (χ1n) is 8.30. The van der Waals surface area contributed by atoms with Gasteiger partial charge < -0.3 is 5.32 Å². The summed E-state index contributed by atoms with van der Waals surface area (Å²) in [6, 6.07) is 1.55. The minimum atomic E-state index is 0.753. The molecule has 0 aromatic carbocycles. The Morgan fingerprint density at radius 2 is 1.83 bits per heavy atom. The van der Waals surface area contributed by atoms with Gasteiger partial charge in [0, 0.05) is 25.2 Å². The van der Waals surface area contributed by atoms with E-state index in [1.54, 1.807) is 0 Å². The van der Waals surface area contributed by atoms with E-state index in [0.29, 0.717) is 0 Å². The van der Waals surface area contributed by atoms with Crippen LogP contribution in [0.15, 0.2) is 0 Å². The van der Waals surface area contributed by atoms with Crippen LogP contribution in [0.4, 0.5) is 0 Å². The minimum Gasteiger partial charge on any atom is -0.311 e. The second-order valence-electron chi connectivity index (χ2n) is 6.99. The first-order valence-corrected chi connectivity index (χ1v) is 8.30. The van der Waals surface area contributed by atoms with Gasteiger partial charge in [-0.2, -0.15) is 0 Å². The van der Waals surface area contributed by atoms with Gasteiger partial charge in [-0.1, -0.05) is 32.1 Å². The van der Waals surface area contributed by atoms with Crippen LogP contribution in [0.1, 0.15) is 58.3 Å². The van der Waals surface area contributed by atoms with Crippen LogP contribution in [-0.4, -0.2) is 36.6 Å². The van der Waals surface area contributed by atoms with Gasteiger partial charge in [0.2, 0.25) is 0 Å². The van der Waals surface area contributed by atoms with Crippen LogP contribution >= 0.6 is 0 Å². The summed E-state index contributed by atoms with van der Waals surface area (Å²) in [6.07, 6.45) is 11.8. The lowest BCUT2D eigenvalue weighted by molar-refractivity contribution is 0.102. The van der Waals surface area contributed by atoms with Crippen LogP contribution in [0.2, 0.25) is 0 Å². The van der Waals surface area contributed by atoms with Gasteiger partial charge in [-0.15, -0.1) is 0 Å². The maximum Gasteiger partial charge on any atom is 0.0224 e. The molecule has 2 atom stereocenters. The Hall–Kier alpha value is -0.0800. The van der Waals surface area contributed by atoms with Crippen molar-refractivity contribution in [1.82, 2.24) is 10.2 Å². The largest absolute Gasteiger partial charge is 0.311 e. The summed E-state index contributed by atoms with van der Waals surface area (Å²) >= 11 is 0. The van der Waals surface area contributed by atoms with Gasteiger partial charge in [0.15, 0.2) is 0 Å². The highest BCUT2D eigenvalue weighted by Crippen LogP contribution is 2.33. The number of piperazine rings is 1. The average Bonchev–Trinajstić information content (AvgIpc) is 3.23. The van der Waals surface area contributed by atoms with Crippen LogP contribution in [0.5, 0.6) is 0 Å². The third kappa shape index (κ3) is 3.27. The van der Waals surface area contributed by atoms with Crippen LogP contribution in [0.25, 0.3) is 0 Å². The minimum absolute atomic E-state index is 0.753. The van der Waals surface area contributed by atoms with Crippen LogP contribution in [0, 0.1) is 11.8 Å². The standard InChI is InChI=1S/C16H30N2/c1-13-11-17-16(15-5-3-2-4-6-15)12-18(13)10-9-14-7-8-14/h13-17H,2-12H2,1H3. The van der Waals surface area contributed by atoms with E-state index in [9.17, 15) is 0 Å². The highest BCUT2D eigenvalue weighted by molar-refractivity contribution is 4.89. The molecule has 0 amide bonds. The third-order valence-corrected chi connectivity index (χ3v) is 5.47. The molecule has 2 saturated carbocycles. The molecule has 0 radical (unpaired) electrons. The van der Waals surface area contributed by atoms with Crippen LogP contribution in [-0.2, 0) is 0 Å². The number of hydrogen-bond acceptors (Lipinski definition) is 2. The van der Waals surface area contributed by atoms with Gasteiger partial charge >= 0.3 is 0 Å². The molecular formula is C16H30N2. The summed E-state index contributed by atoms with van der Waals surface area (Å²) in [7, 11) is 0. The summed E-state index contributed by atoms with van der Waals surface area (Å²) in [5, 5.41) is 3.83. The van der Waals surface area contributed by atoms with Crippen molar-refractivity contribution in [3.8, 4) is 0 Å². The molecule has 3 rings (SSSR count). The fourth-order valence-corrected chi connectivity index (χ4v) is 3.87. The fraction of sp³-hybridized carbons (Fsp3) is 1.00. The Balaban J connectivity index is 1.49. The Morgan fingerprint density at radius 3 is 2.56 bits per heavy atom. The summed E-state index contributed by atoms with van der Waals surface area (Å²) in [6.45, 7) is 6.29. The maximum atomic E-state index is 3.83. The molecule has 2 heteroatoms. The molecule has 1 saturated heterocycles. The van der Waals surface area contributed by atoms with Gasteiger partial charge in [-0.3, -0.25) is 4.90 Å². The molecule has 104 valence electrons. The maximum absolute atomic E-state index is 3.83. The molecule has 18 heavy (non-hydrogen) atoms. The quantitative estimate of drug-likeness (QED) is 0.825. The molecule has 0 aromatic heterocycles. The molecule has 0 bridgehead atoms. The van der Waals surface area contributed by atoms with Crippen molar-refractivity contribution in [3.05, 3.63) is 0 Å². The van der Waals surface area contributed by atoms with Crippen molar-refractivity contribution in [2.75, 3.05) is 19.6 Å². The van der Waals surface area contributed by atoms with Crippen molar-refractivity contribution < 1.29 is 0 Å². The molecule has 2 nitrogen and oxygen atoms in total. The van der Waals surface area contributed by atoms with E-state index in [4.69, 9.17) is 0 Å². The first kappa shape index (κ1) is 12.9. The zero-order valence-corrected chi connectivity index (χ0v) is 12.0. The molecule has 2 unspecified atom stereocenters. The topological polar surface area (TPSA) is 15.3 Å². The van der Waals surface area contributed by atoms with E-state index in [1.165, 1.54) is 71.0 Å². The van der Waals surface area contributed by atoms with E-state index in [-0.39, 0.29) is 0 Å². The Kier molecular flexibility index (Phi) is 4.25. The fourth-order valence-electron chi connectivity index (χ4n) is 3.87. The molecule has 1 N–H and O–H groups in total. The van der Waals surface area contributed by atoms with Gasteiger partial charge in [-0.05, 0) is 44.6 Å². The van der Waals surface area contributed by atoms with Crippen molar-refractivity contribution in [3.63, 3.8) is 0 Å². The van der Waals surface area contributed by atoms with Gasteiger partial charge in [0.25, 0.3) is 0 Å². The summed E-state index contributed by atoms with van der Waals surface area (Å²) < 4.78 is 0. The third-order valence-electron chi connectivity index (χ3n) is 5.47. The molecule has 3 fully saturated rings. The van der Waals surface area contributed by atoms with E-state index in [2.05, 4.69) is 17.1 Å². The Labute approximate surface area is 113 Å². The highest BCUT2D eigenvalue weighted by Gasteiger charge is 2.31. The molecular weight excluding hydrogens is 220 g/mol. The lowest BCUT2D eigenvalue weighted by Crippen LogP contribution is -2.58. The van der Waals surface area contributed by atoms with Crippen LogP contribution in [0.3, 0.4) is 0 Å². The SMILES string of the molecule is CC1CNC(C2CCCCC2)CN1CCC1CC1. The first-order chi connectivity index (χ1) is 8.83. The van der Waals surface area contributed by atoms with E-state index >= 15 is 0 Å². The normalized spacial score (nSPS) is 35.8. The average molecular weight is 250 g/mol. The lowest BCUT2D eigenvalue weighted by Gasteiger charge is -2.43. The number of nitrogens with zero attached hydrogens (tertiary/aromatic N) is 1. The van der Waals surface area contributed by atoms with Crippen molar-refractivity contribution >= 4 is 0 Å². The molecule has 1 heterocycles. The van der Waals surface area contributed by atoms with Gasteiger partial charge in [0.1, 0.15) is 0 Å². The van der Waals surface area contributed by atoms with Crippen molar-refractivity contribution in [1.29, 1.82) is 0 Å².